The van der Waals surface area contributed by atoms with Gasteiger partial charge in [0.25, 0.3) is 11.5 Å². The number of aromatic amines is 1. The number of benzene rings is 3. The Labute approximate surface area is 282 Å². The summed E-state index contributed by atoms with van der Waals surface area (Å²) >= 11 is 12.6. The molecule has 1 amide bonds. The Balaban J connectivity index is 1.23. The maximum atomic E-state index is 13.1. The second-order valence-electron chi connectivity index (χ2n) is 11.9. The molecule has 240 valence electrons. The van der Waals surface area contributed by atoms with Gasteiger partial charge < -0.3 is 9.55 Å². The molecule has 2 aliphatic rings. The number of nitrogens with zero attached hydrogens (tertiary/aromatic N) is 3. The molecule has 3 aromatic carbocycles. The number of aromatic nitrogens is 3. The first-order chi connectivity index (χ1) is 22.7. The van der Waals surface area contributed by atoms with Gasteiger partial charge in [-0.3, -0.25) is 9.59 Å². The fraction of sp³-hybridized carbons (Fsp3) is 0.229. The smallest absolute Gasteiger partial charge is 0.326 e. The minimum atomic E-state index is -3.94. The van der Waals surface area contributed by atoms with E-state index in [0.29, 0.717) is 27.3 Å². The van der Waals surface area contributed by atoms with Crippen molar-refractivity contribution >= 4 is 45.0 Å². The van der Waals surface area contributed by atoms with Gasteiger partial charge in [0.05, 0.1) is 22.3 Å². The summed E-state index contributed by atoms with van der Waals surface area (Å²) in [5.41, 5.74) is 5.28. The molecule has 1 saturated carbocycles. The topological polar surface area (TPSA) is 117 Å². The van der Waals surface area contributed by atoms with Gasteiger partial charge in [0, 0.05) is 35.1 Å². The lowest BCUT2D eigenvalue weighted by atomic mass is 9.89. The van der Waals surface area contributed by atoms with Gasteiger partial charge >= 0.3 is 10.2 Å². The highest BCUT2D eigenvalue weighted by Gasteiger charge is 2.34. The van der Waals surface area contributed by atoms with E-state index in [-0.39, 0.29) is 24.1 Å². The number of hydrogen-bond donors (Lipinski definition) is 2. The van der Waals surface area contributed by atoms with Crippen LogP contribution in [-0.4, -0.2) is 35.4 Å². The number of amides is 1. The predicted octanol–water partition coefficient (Wildman–Crippen LogP) is 7.08. The summed E-state index contributed by atoms with van der Waals surface area (Å²) in [5.74, 6) is -0.304. The van der Waals surface area contributed by atoms with Gasteiger partial charge in [-0.15, -0.1) is 0 Å². The number of halogens is 2. The molecule has 0 radical (unpaired) electrons. The summed E-state index contributed by atoms with van der Waals surface area (Å²) in [6, 6.07) is 24.2. The fourth-order valence-electron chi connectivity index (χ4n) is 6.54. The molecule has 1 unspecified atom stereocenters. The van der Waals surface area contributed by atoms with Crippen LogP contribution in [0.4, 0.5) is 5.69 Å². The maximum Gasteiger partial charge on any atom is 0.326 e. The van der Waals surface area contributed by atoms with Crippen LogP contribution < -0.4 is 14.6 Å². The molecule has 3 heterocycles. The molecule has 2 aromatic heterocycles. The molecule has 1 atom stereocenters. The lowest BCUT2D eigenvalue weighted by Crippen LogP contribution is -2.29. The number of rotatable bonds is 7. The highest BCUT2D eigenvalue weighted by atomic mass is 35.5. The van der Waals surface area contributed by atoms with Crippen LogP contribution in [0.25, 0.3) is 22.4 Å². The van der Waals surface area contributed by atoms with Crippen molar-refractivity contribution in [3.8, 4) is 22.4 Å². The second-order valence-corrected chi connectivity index (χ2v) is 14.4. The van der Waals surface area contributed by atoms with E-state index in [0.717, 1.165) is 57.8 Å². The fourth-order valence-corrected chi connectivity index (χ4v) is 8.19. The number of carbonyl (C=O) groups is 1. The second kappa shape index (κ2) is 12.7. The van der Waals surface area contributed by atoms with Crippen LogP contribution in [0.3, 0.4) is 0 Å². The van der Waals surface area contributed by atoms with Crippen molar-refractivity contribution < 1.29 is 13.2 Å². The van der Waals surface area contributed by atoms with E-state index >= 15 is 0 Å². The van der Waals surface area contributed by atoms with E-state index in [2.05, 4.69) is 4.98 Å². The van der Waals surface area contributed by atoms with E-state index in [1.54, 1.807) is 36.5 Å². The van der Waals surface area contributed by atoms with E-state index in [9.17, 15) is 18.0 Å². The number of H-pyrrole nitrogens is 1. The Kier molecular flexibility index (Phi) is 8.42. The summed E-state index contributed by atoms with van der Waals surface area (Å²) in [4.78, 5) is 33.1. The molecule has 2 fully saturated rings. The number of anilines is 1. The van der Waals surface area contributed by atoms with Crippen LogP contribution in [0.15, 0.2) is 96.1 Å². The van der Waals surface area contributed by atoms with Crippen molar-refractivity contribution in [2.24, 2.45) is 0 Å². The van der Waals surface area contributed by atoms with Crippen molar-refractivity contribution in [3.05, 3.63) is 129 Å². The van der Waals surface area contributed by atoms with Crippen LogP contribution in [0, 0.1) is 0 Å². The molecule has 9 nitrogen and oxygen atoms in total. The van der Waals surface area contributed by atoms with Gasteiger partial charge in [-0.05, 0) is 71.5 Å². The van der Waals surface area contributed by atoms with Gasteiger partial charge in [-0.2, -0.15) is 8.42 Å². The quantitative estimate of drug-likeness (QED) is 0.190. The average Bonchev–Trinajstić information content (AvgIpc) is 3.65. The summed E-state index contributed by atoms with van der Waals surface area (Å²) in [6.45, 7) is -0.277. The third-order valence-corrected chi connectivity index (χ3v) is 10.9. The van der Waals surface area contributed by atoms with E-state index in [1.807, 2.05) is 64.0 Å². The van der Waals surface area contributed by atoms with Crippen molar-refractivity contribution in [1.82, 2.24) is 19.3 Å². The first-order valence-corrected chi connectivity index (χ1v) is 17.6. The van der Waals surface area contributed by atoms with Gasteiger partial charge in [0.1, 0.15) is 12.4 Å². The molecule has 2 N–H and O–H groups in total. The molecule has 0 spiro atoms. The number of nitrogens with one attached hydrogen (secondary N) is 2. The maximum absolute atomic E-state index is 13.1. The molecule has 5 aromatic rings. The Morgan fingerprint density at radius 2 is 1.53 bits per heavy atom. The molecule has 7 rings (SSSR count). The van der Waals surface area contributed by atoms with Crippen LogP contribution in [-0.2, 0) is 15.0 Å². The predicted molar refractivity (Wildman–Crippen MR) is 184 cm³/mol. The molecule has 1 saturated heterocycles. The highest BCUT2D eigenvalue weighted by Crippen LogP contribution is 2.36. The summed E-state index contributed by atoms with van der Waals surface area (Å²) in [7, 11) is -3.94. The Hall–Kier alpha value is -4.38. The van der Waals surface area contributed by atoms with Gasteiger partial charge in [-0.1, -0.05) is 78.9 Å². The lowest BCUT2D eigenvalue weighted by molar-refractivity contribution is -0.117. The molecule has 12 heteroatoms. The van der Waals surface area contributed by atoms with Crippen LogP contribution >= 0.6 is 23.2 Å². The van der Waals surface area contributed by atoms with Crippen molar-refractivity contribution in [3.63, 3.8) is 0 Å². The highest BCUT2D eigenvalue weighted by molar-refractivity contribution is 7.92. The molecule has 1 aliphatic carbocycles. The monoisotopic (exact) mass is 687 g/mol. The normalized spacial score (nSPS) is 17.1. The Bertz CT molecular complexity index is 2120. The summed E-state index contributed by atoms with van der Waals surface area (Å²) in [5, 5.41) is 0.997. The molecule has 47 heavy (non-hydrogen) atoms. The zero-order valence-corrected chi connectivity index (χ0v) is 27.5. The Morgan fingerprint density at radius 1 is 0.830 bits per heavy atom. The van der Waals surface area contributed by atoms with Crippen molar-refractivity contribution in [1.29, 1.82) is 0 Å². The van der Waals surface area contributed by atoms with Gasteiger partial charge in [0.15, 0.2) is 0 Å². The van der Waals surface area contributed by atoms with E-state index in [1.165, 1.54) is 6.42 Å². The third-order valence-electron chi connectivity index (χ3n) is 8.91. The van der Waals surface area contributed by atoms with E-state index < -0.39 is 16.1 Å². The van der Waals surface area contributed by atoms with Gasteiger partial charge in [-0.25, -0.2) is 14.0 Å². The molecule has 1 aliphatic heterocycles. The minimum absolute atomic E-state index is 0.0114. The summed E-state index contributed by atoms with van der Waals surface area (Å²) < 4.78 is 29.8. The Morgan fingerprint density at radius 3 is 2.17 bits per heavy atom. The number of carbonyl (C=O) groups excluding carboxylic acids is 1. The zero-order chi connectivity index (χ0) is 32.7. The molecular weight excluding hydrogens is 657 g/mol. The lowest BCUT2D eigenvalue weighted by Gasteiger charge is -2.24. The minimum Gasteiger partial charge on any atom is -0.347 e. The number of imidazole rings is 1. The zero-order valence-electron chi connectivity index (χ0n) is 25.2. The number of pyridine rings is 1. The molecular formula is C35H31Cl2N5O4S. The largest absolute Gasteiger partial charge is 0.347 e. The standard InChI is InChI=1S/C35H31Cl2N5O4S/c36-26-12-15-29(30(37)19-26)31-20-38-35(39-31)34(24-10-13-28(14-11-24)42-21-32(43)40-47(42,45)46)23-8-6-22(7-9-23)25-16-17-41(33(44)18-25)27-4-2-1-3-5-27/h6-20,27,34H,1-5,21H2,(H,38,39)(H,40,43). The van der Waals surface area contributed by atoms with Crippen LogP contribution in [0.2, 0.25) is 10.0 Å². The van der Waals surface area contributed by atoms with Gasteiger partial charge in [0.2, 0.25) is 0 Å². The SMILES string of the molecule is O=C1CN(c2ccc(C(c3ccc(-c4ccn(C5CCCCC5)c(=O)c4)cc3)c3nc(-c4ccc(Cl)cc4Cl)c[nH]3)cc2)S(=O)(=O)N1. The average molecular weight is 689 g/mol. The van der Waals surface area contributed by atoms with Crippen LogP contribution in [0.1, 0.15) is 61.0 Å². The van der Waals surface area contributed by atoms with Crippen molar-refractivity contribution in [2.75, 3.05) is 10.8 Å². The first kappa shape index (κ1) is 31.2. The molecule has 0 bridgehead atoms. The summed E-state index contributed by atoms with van der Waals surface area (Å²) in [6.07, 6.45) is 9.33. The van der Waals surface area contributed by atoms with Crippen LogP contribution in [0.5, 0.6) is 0 Å². The van der Waals surface area contributed by atoms with E-state index in [4.69, 9.17) is 28.2 Å². The third kappa shape index (κ3) is 6.33. The van der Waals surface area contributed by atoms with Crippen molar-refractivity contribution in [2.45, 2.75) is 44.1 Å². The number of hydrogen-bond acceptors (Lipinski definition) is 5. The first-order valence-electron chi connectivity index (χ1n) is 15.4.